The number of hydrogen-bond donors (Lipinski definition) is 0. The van der Waals surface area contributed by atoms with Crippen LogP contribution in [0.3, 0.4) is 0 Å². The molecule has 3 aliphatic rings. The predicted molar refractivity (Wildman–Crippen MR) is 135 cm³/mol. The maximum absolute atomic E-state index is 13.5. The molecule has 3 heterocycles. The summed E-state index contributed by atoms with van der Waals surface area (Å²) in [5, 5.41) is 0. The molecule has 5 rings (SSSR count). The third-order valence-corrected chi connectivity index (χ3v) is 9.93. The number of morpholine rings is 1. The lowest BCUT2D eigenvalue weighted by Gasteiger charge is -2.32. The molecule has 1 fully saturated rings. The molecule has 0 aliphatic carbocycles. The van der Waals surface area contributed by atoms with Gasteiger partial charge in [-0.3, -0.25) is 9.59 Å². The average molecular weight is 516 g/mol. The van der Waals surface area contributed by atoms with Gasteiger partial charge in [0.05, 0.1) is 23.8 Å². The molecule has 1 unspecified atom stereocenters. The largest absolute Gasteiger partial charge is 0.379 e. The molecule has 2 amide bonds. The van der Waals surface area contributed by atoms with Crippen molar-refractivity contribution in [3.05, 3.63) is 48.0 Å². The number of carbonyl (C=O) groups excluding carboxylic acids is 2. The van der Waals surface area contributed by atoms with Crippen molar-refractivity contribution in [3.63, 3.8) is 0 Å². The minimum atomic E-state index is -3.74. The lowest BCUT2D eigenvalue weighted by atomic mass is 10.0. The first kappa shape index (κ1) is 24.3. The van der Waals surface area contributed by atoms with Crippen LogP contribution < -0.4 is 9.80 Å². The number of nitrogens with zero attached hydrogens (tertiary/aromatic N) is 3. The van der Waals surface area contributed by atoms with Gasteiger partial charge in [-0.25, -0.2) is 8.42 Å². The van der Waals surface area contributed by atoms with Crippen LogP contribution in [0.15, 0.2) is 52.3 Å². The average Bonchev–Trinajstić information content (AvgIpc) is 3.00. The van der Waals surface area contributed by atoms with Crippen molar-refractivity contribution in [2.45, 2.75) is 29.6 Å². The van der Waals surface area contributed by atoms with E-state index < -0.39 is 10.0 Å². The topological polar surface area (TPSA) is 87.2 Å². The van der Waals surface area contributed by atoms with Crippen molar-refractivity contribution in [2.24, 2.45) is 5.92 Å². The lowest BCUT2D eigenvalue weighted by Crippen LogP contribution is -2.46. The number of aryl methyl sites for hydroxylation is 1. The Labute approximate surface area is 210 Å². The Balaban J connectivity index is 1.49. The van der Waals surface area contributed by atoms with Gasteiger partial charge in [0, 0.05) is 41.9 Å². The Kier molecular flexibility index (Phi) is 6.89. The normalized spacial score (nSPS) is 21.3. The van der Waals surface area contributed by atoms with Crippen molar-refractivity contribution in [1.29, 1.82) is 0 Å². The van der Waals surface area contributed by atoms with Crippen molar-refractivity contribution in [2.75, 3.05) is 54.9 Å². The lowest BCUT2D eigenvalue weighted by molar-refractivity contribution is -0.124. The number of rotatable bonds is 4. The molecule has 1 atom stereocenters. The molecule has 1 saturated heterocycles. The molecule has 35 heavy (non-hydrogen) atoms. The van der Waals surface area contributed by atoms with Crippen LogP contribution in [0.5, 0.6) is 0 Å². The number of fused-ring (bicyclic) bond motifs is 2. The van der Waals surface area contributed by atoms with E-state index in [9.17, 15) is 18.0 Å². The van der Waals surface area contributed by atoms with Gasteiger partial charge >= 0.3 is 0 Å². The van der Waals surface area contributed by atoms with Gasteiger partial charge in [0.1, 0.15) is 6.54 Å². The summed E-state index contributed by atoms with van der Waals surface area (Å²) in [6, 6.07) is 12.8. The zero-order valence-electron chi connectivity index (χ0n) is 19.7. The maximum Gasteiger partial charge on any atom is 0.247 e. The summed E-state index contributed by atoms with van der Waals surface area (Å²) < 4.78 is 33.3. The molecule has 0 N–H and O–H groups in total. The number of thioether (sulfide) groups is 1. The van der Waals surface area contributed by atoms with Gasteiger partial charge in [-0.2, -0.15) is 4.31 Å². The second-order valence-corrected chi connectivity index (χ2v) is 12.1. The molecule has 2 aromatic rings. The van der Waals surface area contributed by atoms with Gasteiger partial charge in [0.25, 0.3) is 0 Å². The molecule has 8 nitrogen and oxygen atoms in total. The molecule has 2 aromatic carbocycles. The highest BCUT2D eigenvalue weighted by molar-refractivity contribution is 7.99. The van der Waals surface area contributed by atoms with Crippen LogP contribution in [0.2, 0.25) is 0 Å². The van der Waals surface area contributed by atoms with Crippen LogP contribution in [0.4, 0.5) is 11.4 Å². The first-order valence-electron chi connectivity index (χ1n) is 11.9. The fraction of sp³-hybridized carbons (Fsp3) is 0.440. The second kappa shape index (κ2) is 9.93. The molecule has 0 aromatic heterocycles. The summed E-state index contributed by atoms with van der Waals surface area (Å²) in [7, 11) is -3.74. The van der Waals surface area contributed by atoms with Crippen LogP contribution in [-0.4, -0.2) is 69.7 Å². The predicted octanol–water partition coefficient (Wildman–Crippen LogP) is 2.76. The third kappa shape index (κ3) is 4.72. The number of carbonyl (C=O) groups is 2. The summed E-state index contributed by atoms with van der Waals surface area (Å²) in [6.45, 7) is 3.61. The number of ether oxygens (including phenoxy) is 1. The van der Waals surface area contributed by atoms with Crippen molar-refractivity contribution in [1.82, 2.24) is 4.31 Å². The number of para-hydroxylation sites is 1. The van der Waals surface area contributed by atoms with E-state index in [0.717, 1.165) is 29.0 Å². The molecule has 10 heteroatoms. The van der Waals surface area contributed by atoms with E-state index >= 15 is 0 Å². The Bertz CT molecular complexity index is 1240. The summed E-state index contributed by atoms with van der Waals surface area (Å²) >= 11 is 1.52. The molecule has 186 valence electrons. The molecule has 0 saturated carbocycles. The highest BCUT2D eigenvalue weighted by Gasteiger charge is 2.34. The van der Waals surface area contributed by atoms with Crippen molar-refractivity contribution < 1.29 is 22.7 Å². The first-order chi connectivity index (χ1) is 16.9. The fourth-order valence-electron chi connectivity index (χ4n) is 4.77. The van der Waals surface area contributed by atoms with Crippen molar-refractivity contribution >= 4 is 45.0 Å². The Morgan fingerprint density at radius 1 is 1.09 bits per heavy atom. The molecule has 0 spiro atoms. The number of amides is 2. The van der Waals surface area contributed by atoms with Gasteiger partial charge in [0.2, 0.25) is 21.8 Å². The van der Waals surface area contributed by atoms with E-state index in [1.165, 1.54) is 21.0 Å². The van der Waals surface area contributed by atoms with E-state index in [4.69, 9.17) is 4.74 Å². The second-order valence-electron chi connectivity index (χ2n) is 9.06. The van der Waals surface area contributed by atoms with Crippen LogP contribution in [-0.2, 0) is 30.8 Å². The van der Waals surface area contributed by atoms with E-state index in [2.05, 4.69) is 0 Å². The molecular formula is C25H29N3O5S2. The number of sulfonamides is 1. The highest BCUT2D eigenvalue weighted by atomic mass is 32.2. The summed E-state index contributed by atoms with van der Waals surface area (Å²) in [5.74, 6) is -0.0699. The minimum Gasteiger partial charge on any atom is -0.379 e. The quantitative estimate of drug-likeness (QED) is 0.622. The number of hydrogen-bond acceptors (Lipinski definition) is 6. The number of anilines is 2. The zero-order chi connectivity index (χ0) is 24.6. The van der Waals surface area contributed by atoms with Gasteiger partial charge < -0.3 is 14.5 Å². The summed E-state index contributed by atoms with van der Waals surface area (Å²) in [4.78, 5) is 31.1. The fourth-order valence-corrected chi connectivity index (χ4v) is 7.26. The van der Waals surface area contributed by atoms with Crippen LogP contribution in [0.1, 0.15) is 18.9 Å². The Morgan fingerprint density at radius 3 is 2.66 bits per heavy atom. The molecule has 0 radical (unpaired) electrons. The van der Waals surface area contributed by atoms with Crippen LogP contribution >= 0.6 is 11.8 Å². The maximum atomic E-state index is 13.5. The summed E-state index contributed by atoms with van der Waals surface area (Å²) in [5.41, 5.74) is 2.49. The standard InChI is InChI=1S/C25H29N3O5S2/c1-18-17-34-23-9-8-20(35(31,32)26-11-13-33-14-12-26)15-22(23)28(25(18)30)16-24(29)27-10-4-6-19-5-2-3-7-21(19)27/h2-3,5,7-9,15,18H,4,6,10-14,16-17H2,1H3. The molecular weight excluding hydrogens is 486 g/mol. The molecule has 0 bridgehead atoms. The Hall–Kier alpha value is -2.40. The van der Waals surface area contributed by atoms with Gasteiger partial charge in [-0.05, 0) is 42.7 Å². The van der Waals surface area contributed by atoms with Crippen LogP contribution in [0.25, 0.3) is 0 Å². The van der Waals surface area contributed by atoms with Crippen molar-refractivity contribution in [3.8, 4) is 0 Å². The van der Waals surface area contributed by atoms with E-state index in [1.54, 1.807) is 23.1 Å². The first-order valence-corrected chi connectivity index (χ1v) is 14.3. The SMILES string of the molecule is CC1CSc2ccc(S(=O)(=O)N3CCOCC3)cc2N(CC(=O)N2CCCc3ccccc32)C1=O. The zero-order valence-corrected chi connectivity index (χ0v) is 21.3. The number of benzene rings is 2. The third-order valence-electron chi connectivity index (χ3n) is 6.71. The smallest absolute Gasteiger partial charge is 0.247 e. The highest BCUT2D eigenvalue weighted by Crippen LogP contribution is 2.38. The molecule has 3 aliphatic heterocycles. The van der Waals surface area contributed by atoms with Gasteiger partial charge in [0.15, 0.2) is 0 Å². The van der Waals surface area contributed by atoms with Gasteiger partial charge in [-0.15, -0.1) is 11.8 Å². The van der Waals surface area contributed by atoms with E-state index in [-0.39, 0.29) is 29.2 Å². The Morgan fingerprint density at radius 2 is 1.86 bits per heavy atom. The summed E-state index contributed by atoms with van der Waals surface area (Å²) in [6.07, 6.45) is 1.78. The minimum absolute atomic E-state index is 0.127. The van der Waals surface area contributed by atoms with Crippen LogP contribution in [0, 0.1) is 5.92 Å². The van der Waals surface area contributed by atoms with E-state index in [1.807, 2.05) is 31.2 Å². The van der Waals surface area contributed by atoms with E-state index in [0.29, 0.717) is 44.3 Å². The monoisotopic (exact) mass is 515 g/mol. The van der Waals surface area contributed by atoms with Gasteiger partial charge in [-0.1, -0.05) is 25.1 Å².